The number of aromatic nitrogens is 3. The Morgan fingerprint density at radius 1 is 1.25 bits per heavy atom. The molecular weight excluding hydrogens is 492 g/mol. The van der Waals surface area contributed by atoms with Gasteiger partial charge in [0.15, 0.2) is 0 Å². The van der Waals surface area contributed by atoms with E-state index in [1.807, 2.05) is 32.0 Å². The Morgan fingerprint density at radius 3 is 2.75 bits per heavy atom. The topological polar surface area (TPSA) is 78.3 Å². The first-order valence-electron chi connectivity index (χ1n) is 11.2. The Balaban J connectivity index is 2.08. The maximum absolute atomic E-state index is 13.2. The van der Waals surface area contributed by atoms with Crippen molar-refractivity contribution in [1.29, 1.82) is 0 Å². The SMILES string of the molecule is CCCCOC(=O)C1=C(C)Nc2nc(SCCCC)nn2C1c1cc(Br)ccc1OCC. The summed E-state index contributed by atoms with van der Waals surface area (Å²) in [5, 5.41) is 8.72. The first kappa shape index (κ1) is 24.6. The van der Waals surface area contributed by atoms with Crippen LogP contribution in [0.4, 0.5) is 5.95 Å². The molecule has 7 nitrogen and oxygen atoms in total. The lowest BCUT2D eigenvalue weighted by Crippen LogP contribution is -2.30. The summed E-state index contributed by atoms with van der Waals surface area (Å²) in [5.74, 6) is 1.91. The van der Waals surface area contributed by atoms with Gasteiger partial charge in [0.2, 0.25) is 11.1 Å². The van der Waals surface area contributed by atoms with Gasteiger partial charge in [-0.15, -0.1) is 5.10 Å². The van der Waals surface area contributed by atoms with Gasteiger partial charge in [-0.25, -0.2) is 9.48 Å². The highest BCUT2D eigenvalue weighted by Crippen LogP contribution is 2.41. The molecule has 1 atom stereocenters. The minimum atomic E-state index is -0.507. The summed E-state index contributed by atoms with van der Waals surface area (Å²) < 4.78 is 14.2. The number of halogens is 1. The van der Waals surface area contributed by atoms with Crippen molar-refractivity contribution in [2.24, 2.45) is 0 Å². The summed E-state index contributed by atoms with van der Waals surface area (Å²) in [6.45, 7) is 8.95. The van der Waals surface area contributed by atoms with E-state index in [4.69, 9.17) is 14.6 Å². The number of unbranched alkanes of at least 4 members (excludes halogenated alkanes) is 2. The molecule has 0 fully saturated rings. The van der Waals surface area contributed by atoms with Gasteiger partial charge in [0.05, 0.1) is 18.8 Å². The largest absolute Gasteiger partial charge is 0.494 e. The van der Waals surface area contributed by atoms with E-state index in [0.29, 0.717) is 41.3 Å². The number of fused-ring (bicyclic) bond motifs is 1. The third-order valence-corrected chi connectivity index (χ3v) is 6.50. The fraction of sp³-hybridized carbons (Fsp3) is 0.522. The van der Waals surface area contributed by atoms with E-state index >= 15 is 0 Å². The van der Waals surface area contributed by atoms with Gasteiger partial charge in [0.1, 0.15) is 11.8 Å². The average Bonchev–Trinajstić information content (AvgIpc) is 3.16. The summed E-state index contributed by atoms with van der Waals surface area (Å²) in [5.41, 5.74) is 2.06. The molecule has 1 aromatic carbocycles. The van der Waals surface area contributed by atoms with Crippen molar-refractivity contribution in [1.82, 2.24) is 14.8 Å². The highest BCUT2D eigenvalue weighted by Gasteiger charge is 2.37. The summed E-state index contributed by atoms with van der Waals surface area (Å²) in [7, 11) is 0. The number of nitrogens with zero attached hydrogens (tertiary/aromatic N) is 3. The molecule has 3 rings (SSSR count). The fourth-order valence-corrected chi connectivity index (χ4v) is 4.75. The van der Waals surface area contributed by atoms with Crippen molar-refractivity contribution < 1.29 is 14.3 Å². The second kappa shape index (κ2) is 11.7. The van der Waals surface area contributed by atoms with E-state index < -0.39 is 6.04 Å². The van der Waals surface area contributed by atoms with Crippen molar-refractivity contribution >= 4 is 39.6 Å². The zero-order valence-electron chi connectivity index (χ0n) is 19.1. The Kier molecular flexibility index (Phi) is 9.04. The number of esters is 1. The first-order valence-corrected chi connectivity index (χ1v) is 12.9. The van der Waals surface area contributed by atoms with Gasteiger partial charge in [0, 0.05) is 21.5 Å². The van der Waals surface area contributed by atoms with E-state index in [-0.39, 0.29) is 5.97 Å². The predicted molar refractivity (Wildman–Crippen MR) is 131 cm³/mol. The van der Waals surface area contributed by atoms with Crippen molar-refractivity contribution in [2.75, 3.05) is 24.3 Å². The van der Waals surface area contributed by atoms with Gasteiger partial charge >= 0.3 is 5.97 Å². The van der Waals surface area contributed by atoms with Gasteiger partial charge in [-0.05, 0) is 44.9 Å². The molecule has 0 amide bonds. The molecule has 0 saturated heterocycles. The van der Waals surface area contributed by atoms with Crippen LogP contribution in [0.5, 0.6) is 5.75 Å². The van der Waals surface area contributed by atoms with Gasteiger partial charge in [-0.2, -0.15) is 4.98 Å². The van der Waals surface area contributed by atoms with Crippen LogP contribution in [0.1, 0.15) is 65.0 Å². The number of ether oxygens (including phenoxy) is 2. The lowest BCUT2D eigenvalue weighted by Gasteiger charge is -2.29. The number of carbonyl (C=O) groups excluding carboxylic acids is 1. The molecule has 1 N–H and O–H groups in total. The van der Waals surface area contributed by atoms with E-state index in [1.165, 1.54) is 0 Å². The zero-order valence-corrected chi connectivity index (χ0v) is 21.5. The van der Waals surface area contributed by atoms with Gasteiger partial charge in [-0.3, -0.25) is 0 Å². The van der Waals surface area contributed by atoms with Crippen LogP contribution in [0, 0.1) is 0 Å². The quantitative estimate of drug-likeness (QED) is 0.221. The van der Waals surface area contributed by atoms with Crippen LogP contribution in [0.2, 0.25) is 0 Å². The third kappa shape index (κ3) is 5.67. The highest BCUT2D eigenvalue weighted by atomic mass is 79.9. The molecule has 0 radical (unpaired) electrons. The maximum atomic E-state index is 13.2. The van der Waals surface area contributed by atoms with Crippen molar-refractivity contribution in [2.45, 2.75) is 64.6 Å². The molecule has 1 unspecified atom stereocenters. The molecule has 1 aliphatic rings. The lowest BCUT2D eigenvalue weighted by atomic mass is 9.95. The summed E-state index contributed by atoms with van der Waals surface area (Å²) >= 11 is 5.19. The number of rotatable bonds is 11. The van der Waals surface area contributed by atoms with Crippen LogP contribution >= 0.6 is 27.7 Å². The molecule has 2 aromatic rings. The number of benzene rings is 1. The summed E-state index contributed by atoms with van der Waals surface area (Å²) in [6, 6.07) is 5.31. The number of carbonyl (C=O) groups is 1. The Hall–Kier alpha value is -2.00. The predicted octanol–water partition coefficient (Wildman–Crippen LogP) is 5.96. The van der Waals surface area contributed by atoms with Gasteiger partial charge in [0.25, 0.3) is 0 Å². The molecule has 0 saturated carbocycles. The summed E-state index contributed by atoms with van der Waals surface area (Å²) in [4.78, 5) is 17.9. The molecule has 0 aliphatic carbocycles. The van der Waals surface area contributed by atoms with Crippen LogP contribution in [0.3, 0.4) is 0 Å². The minimum absolute atomic E-state index is 0.350. The zero-order chi connectivity index (χ0) is 23.1. The Labute approximate surface area is 202 Å². The van der Waals surface area contributed by atoms with Crippen LogP contribution < -0.4 is 10.1 Å². The highest BCUT2D eigenvalue weighted by molar-refractivity contribution is 9.10. The first-order chi connectivity index (χ1) is 15.5. The van der Waals surface area contributed by atoms with Gasteiger partial charge < -0.3 is 14.8 Å². The van der Waals surface area contributed by atoms with Gasteiger partial charge in [-0.1, -0.05) is 54.4 Å². The smallest absolute Gasteiger partial charge is 0.338 e. The number of allylic oxidation sites excluding steroid dienone is 1. The van der Waals surface area contributed by atoms with Crippen molar-refractivity contribution in [3.63, 3.8) is 0 Å². The standard InChI is InChI=1S/C23H31BrN4O3S/c1-5-8-12-31-21(29)19-15(4)25-22-26-23(32-13-9-6-2)27-28(22)20(19)17-14-16(24)10-11-18(17)30-7-3/h10-11,14,20H,5-9,12-13H2,1-4H3,(H,25,26,27). The van der Waals surface area contributed by atoms with Crippen molar-refractivity contribution in [3.8, 4) is 5.75 Å². The third-order valence-electron chi connectivity index (χ3n) is 5.08. The molecule has 174 valence electrons. The average molecular weight is 523 g/mol. The Morgan fingerprint density at radius 2 is 2.03 bits per heavy atom. The van der Waals surface area contributed by atoms with E-state index in [9.17, 15) is 4.79 Å². The number of nitrogens with one attached hydrogen (secondary N) is 1. The summed E-state index contributed by atoms with van der Waals surface area (Å²) in [6.07, 6.45) is 3.99. The molecule has 0 spiro atoms. The van der Waals surface area contributed by atoms with E-state index in [0.717, 1.165) is 41.5 Å². The number of thioether (sulfide) groups is 1. The second-order valence-corrected chi connectivity index (χ2v) is 9.51. The molecule has 32 heavy (non-hydrogen) atoms. The Bertz CT molecular complexity index is 976. The van der Waals surface area contributed by atoms with Crippen LogP contribution in [0.15, 0.2) is 39.1 Å². The molecule has 2 heterocycles. The normalized spacial score (nSPS) is 15.3. The second-order valence-electron chi connectivity index (χ2n) is 7.54. The maximum Gasteiger partial charge on any atom is 0.338 e. The molecule has 0 bridgehead atoms. The van der Waals surface area contributed by atoms with E-state index in [2.05, 4.69) is 40.1 Å². The number of hydrogen-bond acceptors (Lipinski definition) is 7. The molecular formula is C23H31BrN4O3S. The number of hydrogen-bond donors (Lipinski definition) is 1. The van der Waals surface area contributed by atoms with E-state index in [1.54, 1.807) is 16.4 Å². The molecule has 9 heteroatoms. The molecule has 1 aromatic heterocycles. The van der Waals surface area contributed by atoms with Crippen LogP contribution in [0.25, 0.3) is 0 Å². The monoisotopic (exact) mass is 522 g/mol. The molecule has 1 aliphatic heterocycles. The van der Waals surface area contributed by atoms with Crippen LogP contribution in [-0.2, 0) is 9.53 Å². The number of anilines is 1. The van der Waals surface area contributed by atoms with Crippen molar-refractivity contribution in [3.05, 3.63) is 39.5 Å². The van der Waals surface area contributed by atoms with Crippen LogP contribution in [-0.4, -0.2) is 39.7 Å². The minimum Gasteiger partial charge on any atom is -0.494 e. The lowest BCUT2D eigenvalue weighted by molar-refractivity contribution is -0.139. The fourth-order valence-electron chi connectivity index (χ4n) is 3.46.